The molecule has 1 amide bonds. The van der Waals surface area contributed by atoms with Crippen LogP contribution in [0.3, 0.4) is 0 Å². The fraction of sp³-hybridized carbons (Fsp3) is 0.786. The molecule has 3 fully saturated rings. The van der Waals surface area contributed by atoms with E-state index in [-0.39, 0.29) is 5.92 Å². The highest BCUT2D eigenvalue weighted by atomic mass is 16.5. The first-order chi connectivity index (χ1) is 9.81. The second-order valence-electron chi connectivity index (χ2n) is 6.14. The Hall–Kier alpha value is -1.59. The van der Waals surface area contributed by atoms with Crippen LogP contribution in [0.5, 0.6) is 0 Å². The molecule has 1 unspecified atom stereocenters. The van der Waals surface area contributed by atoms with Crippen molar-refractivity contribution in [2.75, 3.05) is 24.5 Å². The maximum atomic E-state index is 11.9. The quantitative estimate of drug-likeness (QED) is 0.838. The van der Waals surface area contributed by atoms with Crippen LogP contribution in [0.15, 0.2) is 4.52 Å². The van der Waals surface area contributed by atoms with Gasteiger partial charge in [0.1, 0.15) is 0 Å². The minimum absolute atomic E-state index is 0.220. The van der Waals surface area contributed by atoms with E-state index in [4.69, 9.17) is 4.52 Å². The van der Waals surface area contributed by atoms with Crippen molar-refractivity contribution in [3.05, 3.63) is 5.89 Å². The van der Waals surface area contributed by atoms with Crippen LogP contribution >= 0.6 is 0 Å². The summed E-state index contributed by atoms with van der Waals surface area (Å²) in [6.07, 6.45) is 6.17. The highest BCUT2D eigenvalue weighted by molar-refractivity contribution is 5.77. The van der Waals surface area contributed by atoms with Crippen LogP contribution in [0.1, 0.15) is 50.3 Å². The van der Waals surface area contributed by atoms with E-state index < -0.39 is 0 Å². The molecule has 3 heterocycles. The number of piperidine rings is 1. The maximum absolute atomic E-state index is 11.9. The summed E-state index contributed by atoms with van der Waals surface area (Å²) >= 11 is 0. The Morgan fingerprint density at radius 3 is 2.70 bits per heavy atom. The third-order valence-electron chi connectivity index (χ3n) is 4.60. The molecular weight excluding hydrogens is 256 g/mol. The van der Waals surface area contributed by atoms with Gasteiger partial charge in [0.15, 0.2) is 0 Å². The van der Waals surface area contributed by atoms with Gasteiger partial charge in [0.25, 0.3) is 5.95 Å². The topological polar surface area (TPSA) is 62.5 Å². The van der Waals surface area contributed by atoms with Crippen molar-refractivity contribution < 1.29 is 9.32 Å². The number of amides is 1. The molecule has 1 aromatic rings. The van der Waals surface area contributed by atoms with Gasteiger partial charge in [-0.2, -0.15) is 4.98 Å². The number of anilines is 1. The Balaban J connectivity index is 1.48. The van der Waals surface area contributed by atoms with E-state index in [9.17, 15) is 4.79 Å². The SMILES string of the molecule is O=C1CCC(c2nc(N3CCCC3)no2)CN1C1CC1. The molecule has 0 bridgehead atoms. The molecule has 6 nitrogen and oxygen atoms in total. The zero-order chi connectivity index (χ0) is 13.5. The number of aromatic nitrogens is 2. The molecule has 1 aromatic heterocycles. The molecule has 6 heteroatoms. The predicted octanol–water partition coefficient (Wildman–Crippen LogP) is 1.54. The molecular formula is C14H20N4O2. The van der Waals surface area contributed by atoms with Gasteiger partial charge in [-0.1, -0.05) is 0 Å². The molecule has 108 valence electrons. The largest absolute Gasteiger partial charge is 0.339 e. The number of carbonyl (C=O) groups is 1. The molecule has 0 radical (unpaired) electrons. The number of nitrogens with zero attached hydrogens (tertiary/aromatic N) is 4. The van der Waals surface area contributed by atoms with Gasteiger partial charge in [-0.05, 0) is 37.3 Å². The average Bonchev–Trinajstić information content (AvgIpc) is 2.96. The minimum Gasteiger partial charge on any atom is -0.339 e. The molecule has 0 spiro atoms. The summed E-state index contributed by atoms with van der Waals surface area (Å²) < 4.78 is 5.46. The Morgan fingerprint density at radius 2 is 1.95 bits per heavy atom. The number of rotatable bonds is 3. The highest BCUT2D eigenvalue weighted by Gasteiger charge is 2.38. The van der Waals surface area contributed by atoms with Gasteiger partial charge in [-0.15, -0.1) is 0 Å². The lowest BCUT2D eigenvalue weighted by molar-refractivity contribution is -0.134. The standard InChI is InChI=1S/C14H20N4O2/c19-12-6-3-10(9-18(12)11-4-5-11)13-15-14(16-20-13)17-7-1-2-8-17/h10-11H,1-9H2. The third-order valence-corrected chi connectivity index (χ3v) is 4.60. The summed E-state index contributed by atoms with van der Waals surface area (Å²) in [7, 11) is 0. The number of likely N-dealkylation sites (tertiary alicyclic amines) is 1. The second kappa shape index (κ2) is 4.75. The summed E-state index contributed by atoms with van der Waals surface area (Å²) in [6.45, 7) is 2.80. The van der Waals surface area contributed by atoms with E-state index in [0.717, 1.165) is 44.8 Å². The van der Waals surface area contributed by atoms with Crippen molar-refractivity contribution in [1.29, 1.82) is 0 Å². The monoisotopic (exact) mass is 276 g/mol. The fourth-order valence-corrected chi connectivity index (χ4v) is 3.25. The van der Waals surface area contributed by atoms with Gasteiger partial charge in [0.05, 0.1) is 5.92 Å². The zero-order valence-corrected chi connectivity index (χ0v) is 11.6. The molecule has 0 N–H and O–H groups in total. The number of hydrogen-bond donors (Lipinski definition) is 0. The smallest absolute Gasteiger partial charge is 0.266 e. The summed E-state index contributed by atoms with van der Waals surface area (Å²) in [6, 6.07) is 0.478. The molecule has 1 aliphatic carbocycles. The fourth-order valence-electron chi connectivity index (χ4n) is 3.25. The van der Waals surface area contributed by atoms with Crippen LogP contribution in [0.4, 0.5) is 5.95 Å². The summed E-state index contributed by atoms with van der Waals surface area (Å²) in [5, 5.41) is 4.11. The van der Waals surface area contributed by atoms with Crippen LogP contribution in [-0.2, 0) is 4.79 Å². The first-order valence-electron chi connectivity index (χ1n) is 7.69. The van der Waals surface area contributed by atoms with Crippen molar-refractivity contribution in [3.8, 4) is 0 Å². The first kappa shape index (κ1) is 12.2. The van der Waals surface area contributed by atoms with E-state index >= 15 is 0 Å². The van der Waals surface area contributed by atoms with E-state index in [0.29, 0.717) is 24.3 Å². The molecule has 3 aliphatic rings. The number of hydrogen-bond acceptors (Lipinski definition) is 5. The summed E-state index contributed by atoms with van der Waals surface area (Å²) in [5.41, 5.74) is 0. The van der Waals surface area contributed by atoms with Crippen LogP contribution < -0.4 is 4.90 Å². The van der Waals surface area contributed by atoms with Gasteiger partial charge in [0, 0.05) is 32.1 Å². The van der Waals surface area contributed by atoms with Crippen LogP contribution in [-0.4, -0.2) is 46.6 Å². The van der Waals surface area contributed by atoms with Crippen molar-refractivity contribution in [2.24, 2.45) is 0 Å². The molecule has 1 saturated carbocycles. The summed E-state index contributed by atoms with van der Waals surface area (Å²) in [5.74, 6) is 1.96. The molecule has 2 saturated heterocycles. The van der Waals surface area contributed by atoms with E-state index in [1.807, 2.05) is 4.90 Å². The van der Waals surface area contributed by atoms with E-state index in [1.165, 1.54) is 12.8 Å². The van der Waals surface area contributed by atoms with Crippen LogP contribution in [0.2, 0.25) is 0 Å². The molecule has 0 aromatic carbocycles. The Kier molecular flexibility index (Phi) is 2.89. The predicted molar refractivity (Wildman–Crippen MR) is 72.5 cm³/mol. The lowest BCUT2D eigenvalue weighted by atomic mass is 9.97. The molecule has 1 atom stereocenters. The maximum Gasteiger partial charge on any atom is 0.266 e. The zero-order valence-electron chi connectivity index (χ0n) is 11.6. The highest BCUT2D eigenvalue weighted by Crippen LogP contribution is 2.35. The van der Waals surface area contributed by atoms with Crippen molar-refractivity contribution in [1.82, 2.24) is 15.0 Å². The minimum atomic E-state index is 0.220. The normalized spacial score (nSPS) is 27.4. The lowest BCUT2D eigenvalue weighted by Crippen LogP contribution is -2.40. The molecule has 20 heavy (non-hydrogen) atoms. The van der Waals surface area contributed by atoms with E-state index in [2.05, 4.69) is 15.0 Å². The van der Waals surface area contributed by atoms with Gasteiger partial charge in [-0.25, -0.2) is 0 Å². The van der Waals surface area contributed by atoms with Crippen LogP contribution in [0, 0.1) is 0 Å². The van der Waals surface area contributed by atoms with Gasteiger partial charge in [0.2, 0.25) is 11.8 Å². The Morgan fingerprint density at radius 1 is 1.15 bits per heavy atom. The van der Waals surface area contributed by atoms with Crippen molar-refractivity contribution in [2.45, 2.75) is 50.5 Å². The third kappa shape index (κ3) is 2.17. The van der Waals surface area contributed by atoms with Gasteiger partial charge >= 0.3 is 0 Å². The molecule has 2 aliphatic heterocycles. The molecule has 4 rings (SSSR count). The first-order valence-corrected chi connectivity index (χ1v) is 7.69. The van der Waals surface area contributed by atoms with Crippen molar-refractivity contribution in [3.63, 3.8) is 0 Å². The Bertz CT molecular complexity index is 505. The average molecular weight is 276 g/mol. The summed E-state index contributed by atoms with van der Waals surface area (Å²) in [4.78, 5) is 20.7. The number of carbonyl (C=O) groups excluding carboxylic acids is 1. The van der Waals surface area contributed by atoms with Crippen LogP contribution in [0.25, 0.3) is 0 Å². The Labute approximate surface area is 118 Å². The second-order valence-corrected chi connectivity index (χ2v) is 6.14. The van der Waals surface area contributed by atoms with Crippen molar-refractivity contribution >= 4 is 11.9 Å². The van der Waals surface area contributed by atoms with Gasteiger partial charge in [-0.3, -0.25) is 4.79 Å². The lowest BCUT2D eigenvalue weighted by Gasteiger charge is -2.30. The van der Waals surface area contributed by atoms with Gasteiger partial charge < -0.3 is 14.3 Å². The van der Waals surface area contributed by atoms with E-state index in [1.54, 1.807) is 0 Å².